The smallest absolute Gasteiger partial charge is 0.0992 e. The first-order valence-electron chi connectivity index (χ1n) is 4.09. The summed E-state index contributed by atoms with van der Waals surface area (Å²) in [4.78, 5) is 3.92. The number of anilines is 1. The topological polar surface area (TPSA) is 67.6 Å². The van der Waals surface area contributed by atoms with Crippen molar-refractivity contribution in [3.8, 4) is 11.8 Å². The molecule has 2 N–H and O–H groups in total. The van der Waals surface area contributed by atoms with Gasteiger partial charge in [0.1, 0.15) is 0 Å². The van der Waals surface area contributed by atoms with Gasteiger partial charge in [0.25, 0.3) is 0 Å². The van der Waals surface area contributed by atoms with E-state index in [2.05, 4.69) is 11.1 Å². The molecule has 0 atom stereocenters. The molecule has 0 saturated carbocycles. The number of aromatic nitrogens is 2. The molecular formula is C10H8N4. The van der Waals surface area contributed by atoms with Gasteiger partial charge >= 0.3 is 0 Å². The Bertz CT molecular complexity index is 479. The largest absolute Gasteiger partial charge is 0.397 e. The number of hydrogen-bond acceptors (Lipinski definition) is 3. The van der Waals surface area contributed by atoms with E-state index in [1.807, 2.05) is 0 Å². The van der Waals surface area contributed by atoms with E-state index in [-0.39, 0.29) is 0 Å². The number of nitrogens with zero attached hydrogens (tertiary/aromatic N) is 3. The fourth-order valence-electron chi connectivity index (χ4n) is 1.24. The molecule has 0 radical (unpaired) electrons. The molecule has 14 heavy (non-hydrogen) atoms. The van der Waals surface area contributed by atoms with Crippen molar-refractivity contribution < 1.29 is 0 Å². The Morgan fingerprint density at radius 1 is 1.43 bits per heavy atom. The molecule has 2 rings (SSSR count). The fraction of sp³-hybridized carbons (Fsp3) is 0. The van der Waals surface area contributed by atoms with E-state index in [1.54, 1.807) is 41.5 Å². The highest BCUT2D eigenvalue weighted by atomic mass is 15.0. The summed E-state index contributed by atoms with van der Waals surface area (Å²) in [5, 5.41) is 8.73. The molecule has 0 amide bonds. The van der Waals surface area contributed by atoms with Crippen molar-refractivity contribution in [1.82, 2.24) is 9.55 Å². The maximum absolute atomic E-state index is 8.73. The average molecular weight is 184 g/mol. The summed E-state index contributed by atoms with van der Waals surface area (Å²) in [6.45, 7) is 0. The molecule has 4 heteroatoms. The fourth-order valence-corrected chi connectivity index (χ4v) is 1.24. The molecule has 0 fully saturated rings. The zero-order valence-corrected chi connectivity index (χ0v) is 7.38. The van der Waals surface area contributed by atoms with Gasteiger partial charge in [0, 0.05) is 12.4 Å². The minimum absolute atomic E-state index is 0.586. The van der Waals surface area contributed by atoms with Gasteiger partial charge in [-0.2, -0.15) is 5.26 Å². The molecule has 0 aliphatic heterocycles. The first-order chi connectivity index (χ1) is 6.81. The van der Waals surface area contributed by atoms with Crippen LogP contribution in [0.25, 0.3) is 5.69 Å². The van der Waals surface area contributed by atoms with Crippen molar-refractivity contribution in [2.75, 3.05) is 5.73 Å². The molecule has 0 aliphatic carbocycles. The zero-order valence-electron chi connectivity index (χ0n) is 7.38. The lowest BCUT2D eigenvalue weighted by atomic mass is 10.2. The van der Waals surface area contributed by atoms with E-state index in [0.29, 0.717) is 11.3 Å². The Labute approximate surface area is 81.2 Å². The standard InChI is InChI=1S/C10H8N4/c11-6-8-1-2-9(12)10(5-8)14-4-3-13-7-14/h1-5,7H,12H2. The number of imidazole rings is 1. The van der Waals surface area contributed by atoms with Crippen LogP contribution in [0.4, 0.5) is 5.69 Å². The third-order valence-electron chi connectivity index (χ3n) is 1.94. The van der Waals surface area contributed by atoms with Crippen LogP contribution in [0.15, 0.2) is 36.9 Å². The van der Waals surface area contributed by atoms with E-state index < -0.39 is 0 Å². The van der Waals surface area contributed by atoms with Gasteiger partial charge in [-0.05, 0) is 18.2 Å². The molecule has 0 bridgehead atoms. The summed E-state index contributed by atoms with van der Waals surface area (Å²) in [6, 6.07) is 7.21. The molecule has 0 spiro atoms. The van der Waals surface area contributed by atoms with E-state index in [1.165, 1.54) is 0 Å². The summed E-state index contributed by atoms with van der Waals surface area (Å²) in [5.74, 6) is 0. The molecule has 1 heterocycles. The molecule has 1 aromatic carbocycles. The molecule has 0 aliphatic rings. The molecule has 4 nitrogen and oxygen atoms in total. The van der Waals surface area contributed by atoms with Crippen LogP contribution in [0, 0.1) is 11.3 Å². The van der Waals surface area contributed by atoms with E-state index in [0.717, 1.165) is 5.69 Å². The van der Waals surface area contributed by atoms with Crippen molar-refractivity contribution >= 4 is 5.69 Å². The maximum Gasteiger partial charge on any atom is 0.0992 e. The number of nitrogens with two attached hydrogens (primary N) is 1. The molecule has 0 unspecified atom stereocenters. The predicted molar refractivity (Wildman–Crippen MR) is 52.7 cm³/mol. The summed E-state index contributed by atoms with van der Waals surface area (Å²) in [5.41, 5.74) is 7.77. The van der Waals surface area contributed by atoms with Gasteiger partial charge in [-0.15, -0.1) is 0 Å². The SMILES string of the molecule is N#Cc1ccc(N)c(-n2ccnc2)c1. The van der Waals surface area contributed by atoms with Crippen LogP contribution in [0.5, 0.6) is 0 Å². The normalized spacial score (nSPS) is 9.64. The highest BCUT2D eigenvalue weighted by Crippen LogP contribution is 2.17. The minimum atomic E-state index is 0.586. The Balaban J connectivity index is 2.58. The van der Waals surface area contributed by atoms with E-state index in [4.69, 9.17) is 11.0 Å². The van der Waals surface area contributed by atoms with Crippen LogP contribution in [0.3, 0.4) is 0 Å². The van der Waals surface area contributed by atoms with Gasteiger partial charge in [-0.1, -0.05) is 0 Å². The van der Waals surface area contributed by atoms with Crippen LogP contribution < -0.4 is 5.73 Å². The second-order valence-electron chi connectivity index (χ2n) is 2.86. The first-order valence-corrected chi connectivity index (χ1v) is 4.09. The van der Waals surface area contributed by atoms with Gasteiger partial charge in [0.05, 0.1) is 29.3 Å². The zero-order chi connectivity index (χ0) is 9.97. The molecule has 1 aromatic heterocycles. The summed E-state index contributed by atoms with van der Waals surface area (Å²) >= 11 is 0. The highest BCUT2D eigenvalue weighted by molar-refractivity contribution is 5.60. The van der Waals surface area contributed by atoms with Crippen molar-refractivity contribution in [2.45, 2.75) is 0 Å². The number of benzene rings is 1. The number of nitrogen functional groups attached to an aromatic ring is 1. The Morgan fingerprint density at radius 3 is 2.93 bits per heavy atom. The van der Waals surface area contributed by atoms with Crippen molar-refractivity contribution in [2.24, 2.45) is 0 Å². The lowest BCUT2D eigenvalue weighted by Crippen LogP contribution is -1.97. The van der Waals surface area contributed by atoms with Crippen LogP contribution >= 0.6 is 0 Å². The van der Waals surface area contributed by atoms with E-state index in [9.17, 15) is 0 Å². The second kappa shape index (κ2) is 3.23. The van der Waals surface area contributed by atoms with Gasteiger partial charge in [0.2, 0.25) is 0 Å². The van der Waals surface area contributed by atoms with Gasteiger partial charge in [0.15, 0.2) is 0 Å². The highest BCUT2D eigenvalue weighted by Gasteiger charge is 2.02. The van der Waals surface area contributed by atoms with Gasteiger partial charge in [-0.3, -0.25) is 0 Å². The quantitative estimate of drug-likeness (QED) is 0.680. The Hall–Kier alpha value is -2.28. The summed E-state index contributed by atoms with van der Waals surface area (Å²) < 4.78 is 1.77. The lowest BCUT2D eigenvalue weighted by molar-refractivity contribution is 1.06. The number of hydrogen-bond donors (Lipinski definition) is 1. The molecule has 2 aromatic rings. The monoisotopic (exact) mass is 184 g/mol. The van der Waals surface area contributed by atoms with Crippen LogP contribution in [-0.4, -0.2) is 9.55 Å². The average Bonchev–Trinajstić information content (AvgIpc) is 2.71. The van der Waals surface area contributed by atoms with Gasteiger partial charge in [-0.25, -0.2) is 4.98 Å². The number of nitriles is 1. The van der Waals surface area contributed by atoms with Crippen LogP contribution in [0.2, 0.25) is 0 Å². The number of rotatable bonds is 1. The van der Waals surface area contributed by atoms with Crippen molar-refractivity contribution in [3.05, 3.63) is 42.5 Å². The summed E-state index contributed by atoms with van der Waals surface area (Å²) in [6.07, 6.45) is 5.10. The maximum atomic E-state index is 8.73. The van der Waals surface area contributed by atoms with Crippen LogP contribution in [-0.2, 0) is 0 Å². The van der Waals surface area contributed by atoms with Gasteiger partial charge < -0.3 is 10.3 Å². The molecule has 68 valence electrons. The van der Waals surface area contributed by atoms with Crippen molar-refractivity contribution in [1.29, 1.82) is 5.26 Å². The third kappa shape index (κ3) is 1.31. The van der Waals surface area contributed by atoms with Crippen LogP contribution in [0.1, 0.15) is 5.56 Å². The lowest BCUT2D eigenvalue weighted by Gasteiger charge is -2.05. The third-order valence-corrected chi connectivity index (χ3v) is 1.94. The van der Waals surface area contributed by atoms with Crippen molar-refractivity contribution in [3.63, 3.8) is 0 Å². The molecular weight excluding hydrogens is 176 g/mol. The minimum Gasteiger partial charge on any atom is -0.397 e. The summed E-state index contributed by atoms with van der Waals surface area (Å²) in [7, 11) is 0. The predicted octanol–water partition coefficient (Wildman–Crippen LogP) is 1.33. The molecule has 0 saturated heterocycles. The first kappa shape index (κ1) is 8.32. The second-order valence-corrected chi connectivity index (χ2v) is 2.86. The van der Waals surface area contributed by atoms with E-state index >= 15 is 0 Å². The Kier molecular flexibility index (Phi) is 1.92. The Morgan fingerprint density at radius 2 is 2.29 bits per heavy atom.